The number of aliphatic hydroxyl groups excluding tert-OH is 1. The molecule has 0 aliphatic heterocycles. The summed E-state index contributed by atoms with van der Waals surface area (Å²) < 4.78 is 64.9. The Morgan fingerprint density at radius 1 is 1.15 bits per heavy atom. The second-order valence-corrected chi connectivity index (χ2v) is 7.69. The van der Waals surface area contributed by atoms with E-state index < -0.39 is 23.6 Å². The molecule has 8 nitrogen and oxygen atoms in total. The first kappa shape index (κ1) is 23.2. The Balaban J connectivity index is 1.65. The lowest BCUT2D eigenvalue weighted by atomic mass is 10.2. The van der Waals surface area contributed by atoms with Gasteiger partial charge in [-0.1, -0.05) is 28.4 Å². The second kappa shape index (κ2) is 8.78. The molecule has 0 saturated carbocycles. The Morgan fingerprint density at radius 2 is 1.91 bits per heavy atom. The quantitative estimate of drug-likeness (QED) is 0.377. The Morgan fingerprint density at radius 3 is 2.61 bits per heavy atom. The van der Waals surface area contributed by atoms with Crippen LogP contribution in [-0.4, -0.2) is 43.9 Å². The molecule has 33 heavy (non-hydrogen) atoms. The maximum absolute atomic E-state index is 14.4. The number of halogens is 6. The SMILES string of the molecule is NC(CO)COc1cc(Cl)c(-c2nc(-c3cn4cc(C(F)(F)F)cc(Cl)c4n3)no2)cc1F. The average Bonchev–Trinajstić information content (AvgIpc) is 3.40. The monoisotopic (exact) mass is 505 g/mol. The van der Waals surface area contributed by atoms with Crippen molar-refractivity contribution >= 4 is 28.8 Å². The van der Waals surface area contributed by atoms with Gasteiger partial charge in [0.1, 0.15) is 12.3 Å². The number of nitrogens with zero attached hydrogens (tertiary/aromatic N) is 4. The molecule has 3 aromatic heterocycles. The van der Waals surface area contributed by atoms with Crippen LogP contribution in [0.4, 0.5) is 17.6 Å². The van der Waals surface area contributed by atoms with E-state index in [9.17, 15) is 17.6 Å². The molecular formula is C19H13Cl2F4N5O3. The summed E-state index contributed by atoms with van der Waals surface area (Å²) in [5.41, 5.74) is 4.74. The molecule has 0 fully saturated rings. The standard InChI is InChI=1S/C19H13Cl2F4N5O3/c20-11-3-15(32-7-9(26)6-31)13(22)2-10(11)18-28-16(29-33-18)14-5-30-4-8(19(23,24)25)1-12(21)17(30)27-14/h1-5,9,31H,6-7,26H2. The predicted octanol–water partition coefficient (Wildman–Crippen LogP) is 4.21. The van der Waals surface area contributed by atoms with Crippen molar-refractivity contribution in [3.63, 3.8) is 0 Å². The van der Waals surface area contributed by atoms with Crippen molar-refractivity contribution in [1.29, 1.82) is 0 Å². The minimum Gasteiger partial charge on any atom is -0.489 e. The predicted molar refractivity (Wildman–Crippen MR) is 109 cm³/mol. The van der Waals surface area contributed by atoms with Gasteiger partial charge in [0.2, 0.25) is 5.82 Å². The zero-order chi connectivity index (χ0) is 23.9. The largest absolute Gasteiger partial charge is 0.489 e. The third kappa shape index (κ3) is 4.74. The van der Waals surface area contributed by atoms with E-state index in [1.807, 2.05) is 0 Å². The van der Waals surface area contributed by atoms with E-state index >= 15 is 0 Å². The van der Waals surface area contributed by atoms with Gasteiger partial charge in [-0.3, -0.25) is 0 Å². The summed E-state index contributed by atoms with van der Waals surface area (Å²) >= 11 is 12.1. The molecule has 0 saturated heterocycles. The van der Waals surface area contributed by atoms with Gasteiger partial charge in [0, 0.05) is 18.5 Å². The van der Waals surface area contributed by atoms with E-state index in [4.69, 9.17) is 43.3 Å². The van der Waals surface area contributed by atoms with Crippen LogP contribution in [0.5, 0.6) is 5.75 Å². The van der Waals surface area contributed by atoms with Crippen LogP contribution in [0.2, 0.25) is 10.0 Å². The van der Waals surface area contributed by atoms with Gasteiger partial charge < -0.3 is 24.5 Å². The topological polar surface area (TPSA) is 112 Å². The van der Waals surface area contributed by atoms with Crippen LogP contribution in [0.3, 0.4) is 0 Å². The van der Waals surface area contributed by atoms with Crippen molar-refractivity contribution in [2.45, 2.75) is 12.2 Å². The molecule has 3 heterocycles. The number of aliphatic hydroxyl groups is 1. The van der Waals surface area contributed by atoms with Gasteiger partial charge in [0.05, 0.1) is 33.8 Å². The van der Waals surface area contributed by atoms with Crippen LogP contribution in [-0.2, 0) is 6.18 Å². The van der Waals surface area contributed by atoms with Gasteiger partial charge in [-0.2, -0.15) is 18.2 Å². The molecule has 4 aromatic rings. The van der Waals surface area contributed by atoms with Gasteiger partial charge in [0.25, 0.3) is 5.89 Å². The molecule has 4 rings (SSSR count). The fraction of sp³-hybridized carbons (Fsp3) is 0.211. The number of ether oxygens (including phenoxy) is 1. The van der Waals surface area contributed by atoms with Gasteiger partial charge in [-0.15, -0.1) is 0 Å². The lowest BCUT2D eigenvalue weighted by molar-refractivity contribution is -0.137. The first-order valence-corrected chi connectivity index (χ1v) is 9.90. The number of benzene rings is 1. The maximum Gasteiger partial charge on any atom is 0.417 e. The smallest absolute Gasteiger partial charge is 0.417 e. The van der Waals surface area contributed by atoms with Crippen LogP contribution >= 0.6 is 23.2 Å². The van der Waals surface area contributed by atoms with E-state index in [0.29, 0.717) is 0 Å². The minimum atomic E-state index is -4.60. The Kier molecular flexibility index (Phi) is 6.18. The van der Waals surface area contributed by atoms with Crippen molar-refractivity contribution < 1.29 is 31.9 Å². The minimum absolute atomic E-state index is 0.0204. The highest BCUT2D eigenvalue weighted by molar-refractivity contribution is 6.33. The maximum atomic E-state index is 14.4. The number of aromatic nitrogens is 4. The van der Waals surface area contributed by atoms with Crippen LogP contribution < -0.4 is 10.5 Å². The molecule has 0 aliphatic carbocycles. The van der Waals surface area contributed by atoms with Crippen molar-refractivity contribution in [2.75, 3.05) is 13.2 Å². The molecular weight excluding hydrogens is 493 g/mol. The zero-order valence-electron chi connectivity index (χ0n) is 16.3. The van der Waals surface area contributed by atoms with Crippen molar-refractivity contribution in [3.8, 4) is 28.7 Å². The number of pyridine rings is 1. The summed E-state index contributed by atoms with van der Waals surface area (Å²) in [4.78, 5) is 8.24. The zero-order valence-corrected chi connectivity index (χ0v) is 17.8. The molecule has 0 bridgehead atoms. The first-order valence-electron chi connectivity index (χ1n) is 9.15. The normalized spacial score (nSPS) is 13.0. The summed E-state index contributed by atoms with van der Waals surface area (Å²) in [5, 5.41) is 12.5. The highest BCUT2D eigenvalue weighted by Gasteiger charge is 2.32. The fourth-order valence-corrected chi connectivity index (χ4v) is 3.30. The lowest BCUT2D eigenvalue weighted by Gasteiger charge is -2.12. The number of imidazole rings is 1. The molecule has 3 N–H and O–H groups in total. The number of nitrogens with two attached hydrogens (primary N) is 1. The van der Waals surface area contributed by atoms with E-state index in [2.05, 4.69) is 15.1 Å². The van der Waals surface area contributed by atoms with Crippen LogP contribution in [0.1, 0.15) is 5.56 Å². The highest BCUT2D eigenvalue weighted by Crippen LogP contribution is 2.35. The molecule has 0 aliphatic rings. The average molecular weight is 506 g/mol. The number of alkyl halides is 3. The molecule has 1 unspecified atom stereocenters. The summed E-state index contributed by atoms with van der Waals surface area (Å²) in [6.45, 7) is -0.482. The molecule has 1 atom stereocenters. The molecule has 14 heteroatoms. The number of rotatable bonds is 6. The van der Waals surface area contributed by atoms with Crippen molar-refractivity contribution in [3.05, 3.63) is 52.0 Å². The number of fused-ring (bicyclic) bond motifs is 1. The van der Waals surface area contributed by atoms with E-state index in [0.717, 1.165) is 22.7 Å². The van der Waals surface area contributed by atoms with Gasteiger partial charge in [-0.25, -0.2) is 9.37 Å². The molecule has 0 radical (unpaired) electrons. The fourth-order valence-electron chi connectivity index (χ4n) is 2.81. The molecule has 0 spiro atoms. The first-order chi connectivity index (χ1) is 15.6. The third-order valence-electron chi connectivity index (χ3n) is 4.43. The highest BCUT2D eigenvalue weighted by atomic mass is 35.5. The molecule has 174 valence electrons. The van der Waals surface area contributed by atoms with Gasteiger partial charge in [-0.05, 0) is 12.1 Å². The van der Waals surface area contributed by atoms with Gasteiger partial charge >= 0.3 is 6.18 Å². The van der Waals surface area contributed by atoms with Gasteiger partial charge in [0.15, 0.2) is 17.2 Å². The van der Waals surface area contributed by atoms with E-state index in [1.54, 1.807) is 0 Å². The second-order valence-electron chi connectivity index (χ2n) is 6.87. The van der Waals surface area contributed by atoms with Crippen LogP contribution in [0, 0.1) is 5.82 Å². The lowest BCUT2D eigenvalue weighted by Crippen LogP contribution is -2.31. The Labute approximate surface area is 192 Å². The van der Waals surface area contributed by atoms with Crippen molar-refractivity contribution in [1.82, 2.24) is 19.5 Å². The summed E-state index contributed by atoms with van der Waals surface area (Å²) in [7, 11) is 0. The number of hydrogen-bond donors (Lipinski definition) is 2. The van der Waals surface area contributed by atoms with Crippen molar-refractivity contribution in [2.24, 2.45) is 5.73 Å². The summed E-state index contributed by atoms with van der Waals surface area (Å²) in [6, 6.07) is 2.25. The summed E-state index contributed by atoms with van der Waals surface area (Å²) in [5.74, 6) is -1.22. The van der Waals surface area contributed by atoms with E-state index in [1.165, 1.54) is 12.3 Å². The van der Waals surface area contributed by atoms with Crippen LogP contribution in [0.15, 0.2) is 35.1 Å². The molecule has 1 aromatic carbocycles. The summed E-state index contributed by atoms with van der Waals surface area (Å²) in [6.07, 6.45) is -2.53. The Hall–Kier alpha value is -2.93. The third-order valence-corrected chi connectivity index (χ3v) is 5.02. The Bertz CT molecular complexity index is 1320. The number of hydrogen-bond acceptors (Lipinski definition) is 7. The van der Waals surface area contributed by atoms with Crippen LogP contribution in [0.25, 0.3) is 28.6 Å². The molecule has 0 amide bonds. The van der Waals surface area contributed by atoms with E-state index in [-0.39, 0.29) is 57.6 Å².